The Kier molecular flexibility index (Phi) is 4.60. The Hall–Kier alpha value is -1.00. The van der Waals surface area contributed by atoms with Gasteiger partial charge in [-0.3, -0.25) is 4.79 Å². The minimum atomic E-state index is 0. The number of piperazine rings is 1. The molecule has 2 heterocycles. The monoisotopic (exact) mass is 257 g/mol. The van der Waals surface area contributed by atoms with Crippen LogP contribution >= 0.6 is 12.4 Å². The first-order valence-corrected chi connectivity index (χ1v) is 5.75. The summed E-state index contributed by atoms with van der Waals surface area (Å²) >= 11 is 0. The standard InChI is InChI=1S/C12H19N3O.ClH/c1-9-8-15(10(2)7-13-9)12(16)11-5-4-6-14(11)3;/h4-6,9-10,13H,7-8H2,1-3H3;1H. The third-order valence-electron chi connectivity index (χ3n) is 3.19. The van der Waals surface area contributed by atoms with Gasteiger partial charge < -0.3 is 14.8 Å². The molecule has 17 heavy (non-hydrogen) atoms. The van der Waals surface area contributed by atoms with Crippen molar-refractivity contribution in [1.29, 1.82) is 0 Å². The van der Waals surface area contributed by atoms with Gasteiger partial charge in [-0.05, 0) is 26.0 Å². The second-order valence-corrected chi connectivity index (χ2v) is 4.62. The van der Waals surface area contributed by atoms with E-state index in [9.17, 15) is 4.79 Å². The molecule has 2 atom stereocenters. The minimum Gasteiger partial charge on any atom is -0.347 e. The maximum Gasteiger partial charge on any atom is 0.270 e. The third kappa shape index (κ3) is 2.82. The van der Waals surface area contributed by atoms with E-state index in [2.05, 4.69) is 19.2 Å². The normalized spacial score (nSPS) is 24.3. The molecule has 0 aliphatic carbocycles. The van der Waals surface area contributed by atoms with Crippen LogP contribution in [0.5, 0.6) is 0 Å². The summed E-state index contributed by atoms with van der Waals surface area (Å²) < 4.78 is 1.88. The van der Waals surface area contributed by atoms with E-state index in [1.807, 2.05) is 34.8 Å². The molecule has 1 saturated heterocycles. The molecule has 1 amide bonds. The summed E-state index contributed by atoms with van der Waals surface area (Å²) in [5, 5.41) is 3.38. The van der Waals surface area contributed by atoms with Crippen LogP contribution in [0.25, 0.3) is 0 Å². The number of nitrogens with one attached hydrogen (secondary N) is 1. The Morgan fingerprint density at radius 3 is 2.76 bits per heavy atom. The predicted molar refractivity (Wildman–Crippen MR) is 70.6 cm³/mol. The van der Waals surface area contributed by atoms with Crippen LogP contribution < -0.4 is 5.32 Å². The number of rotatable bonds is 1. The van der Waals surface area contributed by atoms with Gasteiger partial charge in [-0.1, -0.05) is 0 Å². The molecule has 1 aliphatic rings. The smallest absolute Gasteiger partial charge is 0.270 e. The van der Waals surface area contributed by atoms with Gasteiger partial charge in [0.15, 0.2) is 0 Å². The molecule has 0 radical (unpaired) electrons. The van der Waals surface area contributed by atoms with Crippen molar-refractivity contribution in [3.05, 3.63) is 24.0 Å². The van der Waals surface area contributed by atoms with Crippen molar-refractivity contribution in [2.75, 3.05) is 13.1 Å². The van der Waals surface area contributed by atoms with Crippen LogP contribution in [0.3, 0.4) is 0 Å². The topological polar surface area (TPSA) is 37.3 Å². The van der Waals surface area contributed by atoms with Crippen molar-refractivity contribution in [2.24, 2.45) is 7.05 Å². The Morgan fingerprint density at radius 2 is 2.18 bits per heavy atom. The van der Waals surface area contributed by atoms with Crippen LogP contribution in [-0.4, -0.2) is 40.5 Å². The Bertz CT molecular complexity index is 391. The van der Waals surface area contributed by atoms with Crippen LogP contribution in [0, 0.1) is 0 Å². The molecule has 1 fully saturated rings. The van der Waals surface area contributed by atoms with E-state index < -0.39 is 0 Å². The molecular weight excluding hydrogens is 238 g/mol. The average molecular weight is 258 g/mol. The van der Waals surface area contributed by atoms with E-state index in [1.165, 1.54) is 0 Å². The van der Waals surface area contributed by atoms with E-state index in [0.717, 1.165) is 18.8 Å². The molecule has 1 aromatic heterocycles. The van der Waals surface area contributed by atoms with Gasteiger partial charge in [-0.15, -0.1) is 12.4 Å². The van der Waals surface area contributed by atoms with Crippen LogP contribution in [0.2, 0.25) is 0 Å². The molecule has 96 valence electrons. The summed E-state index contributed by atoms with van der Waals surface area (Å²) in [4.78, 5) is 14.3. The van der Waals surface area contributed by atoms with Crippen molar-refractivity contribution in [3.8, 4) is 0 Å². The van der Waals surface area contributed by atoms with Crippen LogP contribution in [0.1, 0.15) is 24.3 Å². The van der Waals surface area contributed by atoms with Crippen LogP contribution in [0.15, 0.2) is 18.3 Å². The number of aromatic nitrogens is 1. The number of halogens is 1. The highest BCUT2D eigenvalue weighted by Gasteiger charge is 2.28. The Balaban J connectivity index is 0.00000144. The summed E-state index contributed by atoms with van der Waals surface area (Å²) in [5.74, 6) is 0.133. The number of hydrogen-bond acceptors (Lipinski definition) is 2. The second kappa shape index (κ2) is 5.56. The molecule has 0 aromatic carbocycles. The molecule has 1 N–H and O–H groups in total. The van der Waals surface area contributed by atoms with Gasteiger partial charge in [-0.25, -0.2) is 0 Å². The fourth-order valence-corrected chi connectivity index (χ4v) is 2.13. The van der Waals surface area contributed by atoms with Gasteiger partial charge in [-0.2, -0.15) is 0 Å². The average Bonchev–Trinajstić information content (AvgIpc) is 2.67. The van der Waals surface area contributed by atoms with Gasteiger partial charge in [0, 0.05) is 38.4 Å². The highest BCUT2D eigenvalue weighted by molar-refractivity contribution is 5.93. The minimum absolute atomic E-state index is 0. The van der Waals surface area contributed by atoms with Gasteiger partial charge in [0.2, 0.25) is 0 Å². The first-order valence-electron chi connectivity index (χ1n) is 5.75. The fourth-order valence-electron chi connectivity index (χ4n) is 2.13. The van der Waals surface area contributed by atoms with Gasteiger partial charge in [0.25, 0.3) is 5.91 Å². The summed E-state index contributed by atoms with van der Waals surface area (Å²) in [6.07, 6.45) is 1.91. The first-order chi connectivity index (χ1) is 7.59. The van der Waals surface area contributed by atoms with Gasteiger partial charge in [0.05, 0.1) is 0 Å². The van der Waals surface area contributed by atoms with Crippen molar-refractivity contribution >= 4 is 18.3 Å². The van der Waals surface area contributed by atoms with Gasteiger partial charge >= 0.3 is 0 Å². The maximum absolute atomic E-state index is 12.3. The van der Waals surface area contributed by atoms with Crippen molar-refractivity contribution in [3.63, 3.8) is 0 Å². The van der Waals surface area contributed by atoms with E-state index in [1.54, 1.807) is 0 Å². The molecule has 1 aliphatic heterocycles. The van der Waals surface area contributed by atoms with Crippen LogP contribution in [-0.2, 0) is 7.05 Å². The molecule has 1 aromatic rings. The first kappa shape index (κ1) is 14.1. The highest BCUT2D eigenvalue weighted by Crippen LogP contribution is 2.12. The summed E-state index contributed by atoms with van der Waals surface area (Å²) in [6, 6.07) is 4.42. The zero-order chi connectivity index (χ0) is 11.7. The van der Waals surface area contributed by atoms with Crippen molar-refractivity contribution in [2.45, 2.75) is 25.9 Å². The number of amides is 1. The van der Waals surface area contributed by atoms with E-state index >= 15 is 0 Å². The molecule has 4 nitrogen and oxygen atoms in total. The lowest BCUT2D eigenvalue weighted by molar-refractivity contribution is 0.0606. The summed E-state index contributed by atoms with van der Waals surface area (Å²) in [6.45, 7) is 5.85. The number of nitrogens with zero attached hydrogens (tertiary/aromatic N) is 2. The van der Waals surface area contributed by atoms with Crippen LogP contribution in [0.4, 0.5) is 0 Å². The third-order valence-corrected chi connectivity index (χ3v) is 3.19. The molecular formula is C12H20ClN3O. The number of carbonyl (C=O) groups is 1. The number of carbonyl (C=O) groups excluding carboxylic acids is 1. The van der Waals surface area contributed by atoms with E-state index in [0.29, 0.717) is 6.04 Å². The van der Waals surface area contributed by atoms with Crippen molar-refractivity contribution in [1.82, 2.24) is 14.8 Å². The SMILES string of the molecule is CC1CN(C(=O)c2cccn2C)C(C)CN1.Cl. The fraction of sp³-hybridized carbons (Fsp3) is 0.583. The van der Waals surface area contributed by atoms with E-state index in [-0.39, 0.29) is 24.4 Å². The quantitative estimate of drug-likeness (QED) is 0.823. The maximum atomic E-state index is 12.3. The predicted octanol–water partition coefficient (Wildman–Crippen LogP) is 1.27. The molecule has 0 bridgehead atoms. The molecule has 2 unspecified atom stereocenters. The Morgan fingerprint density at radius 1 is 1.47 bits per heavy atom. The summed E-state index contributed by atoms with van der Waals surface area (Å²) in [5.41, 5.74) is 0.765. The number of hydrogen-bond donors (Lipinski definition) is 1. The second-order valence-electron chi connectivity index (χ2n) is 4.62. The van der Waals surface area contributed by atoms with Crippen molar-refractivity contribution < 1.29 is 4.79 Å². The van der Waals surface area contributed by atoms with E-state index in [4.69, 9.17) is 0 Å². The lowest BCUT2D eigenvalue weighted by atomic mass is 10.1. The zero-order valence-corrected chi connectivity index (χ0v) is 11.3. The Labute approximate surface area is 108 Å². The molecule has 2 rings (SSSR count). The summed E-state index contributed by atoms with van der Waals surface area (Å²) in [7, 11) is 1.91. The molecule has 0 saturated carbocycles. The zero-order valence-electron chi connectivity index (χ0n) is 10.5. The highest BCUT2D eigenvalue weighted by atomic mass is 35.5. The molecule has 5 heteroatoms. The lowest BCUT2D eigenvalue weighted by Crippen LogP contribution is -2.56. The van der Waals surface area contributed by atoms with Gasteiger partial charge in [0.1, 0.15) is 5.69 Å². The largest absolute Gasteiger partial charge is 0.347 e. The number of aryl methyl sites for hydroxylation is 1. The lowest BCUT2D eigenvalue weighted by Gasteiger charge is -2.37. The molecule has 0 spiro atoms.